The van der Waals surface area contributed by atoms with Crippen LogP contribution >= 0.6 is 0 Å². The van der Waals surface area contributed by atoms with Gasteiger partial charge in [-0.05, 0) is 55.8 Å². The Labute approximate surface area is 158 Å². The molecular formula is C21H22N6. The molecule has 1 saturated heterocycles. The van der Waals surface area contributed by atoms with E-state index in [9.17, 15) is 0 Å². The van der Waals surface area contributed by atoms with Gasteiger partial charge in [0.1, 0.15) is 0 Å². The third-order valence-corrected chi connectivity index (χ3v) is 4.96. The maximum Gasteiger partial charge on any atom is 0.0991 e. The van der Waals surface area contributed by atoms with Gasteiger partial charge in [0.2, 0.25) is 0 Å². The smallest absolute Gasteiger partial charge is 0.0991 e. The third-order valence-electron chi connectivity index (χ3n) is 4.96. The zero-order chi connectivity index (χ0) is 18.6. The Balaban J connectivity index is 1.61. The lowest BCUT2D eigenvalue weighted by Gasteiger charge is -2.18. The molecule has 0 unspecified atom stereocenters. The van der Waals surface area contributed by atoms with Gasteiger partial charge < -0.3 is 16.0 Å². The van der Waals surface area contributed by atoms with Crippen molar-refractivity contribution in [1.82, 2.24) is 15.5 Å². The van der Waals surface area contributed by atoms with Crippen molar-refractivity contribution in [2.75, 3.05) is 23.7 Å². The van der Waals surface area contributed by atoms with Gasteiger partial charge in [0.25, 0.3) is 0 Å². The fraction of sp³-hybridized carbons (Fsp3) is 0.286. The van der Waals surface area contributed by atoms with Crippen LogP contribution < -0.4 is 16.0 Å². The quantitative estimate of drug-likeness (QED) is 0.648. The number of fused-ring (bicyclic) bond motifs is 1. The topological polar surface area (TPSA) is 85.7 Å². The standard InChI is InChI=1S/C21H22N6/c1-14(16-4-2-3-15(9-16)11-22)25-21-13-24-27-20-6-5-17(10-19(20)21)26-18-7-8-23-12-18/h2-6,9-10,13-14,18,23,26H,7-8,12H2,1H3,(H,25,27)/t14-,18-/m1/s1. The average molecular weight is 358 g/mol. The number of hydrogen-bond acceptors (Lipinski definition) is 6. The average Bonchev–Trinajstić information content (AvgIpc) is 3.21. The summed E-state index contributed by atoms with van der Waals surface area (Å²) in [6.07, 6.45) is 2.89. The van der Waals surface area contributed by atoms with Gasteiger partial charge in [-0.25, -0.2) is 0 Å². The zero-order valence-corrected chi connectivity index (χ0v) is 15.2. The number of anilines is 2. The summed E-state index contributed by atoms with van der Waals surface area (Å²) in [6, 6.07) is 16.5. The maximum absolute atomic E-state index is 9.12. The summed E-state index contributed by atoms with van der Waals surface area (Å²) in [6.45, 7) is 4.13. The first-order valence-corrected chi connectivity index (χ1v) is 9.22. The molecule has 0 spiro atoms. The molecule has 6 heteroatoms. The number of benzene rings is 2. The molecule has 0 aliphatic carbocycles. The molecule has 0 radical (unpaired) electrons. The van der Waals surface area contributed by atoms with Gasteiger partial charge >= 0.3 is 0 Å². The summed E-state index contributed by atoms with van der Waals surface area (Å²) in [5.41, 5.74) is 4.60. The van der Waals surface area contributed by atoms with Gasteiger partial charge in [0.05, 0.1) is 29.0 Å². The van der Waals surface area contributed by atoms with Crippen LogP contribution in [0.4, 0.5) is 11.4 Å². The third kappa shape index (κ3) is 3.83. The van der Waals surface area contributed by atoms with E-state index < -0.39 is 0 Å². The van der Waals surface area contributed by atoms with E-state index in [1.807, 2.05) is 30.3 Å². The number of hydrogen-bond donors (Lipinski definition) is 3. The van der Waals surface area contributed by atoms with Crippen LogP contribution in [0.15, 0.2) is 48.7 Å². The van der Waals surface area contributed by atoms with Crippen molar-refractivity contribution >= 4 is 22.3 Å². The molecule has 3 aromatic rings. The molecule has 1 aliphatic rings. The predicted molar refractivity (Wildman–Crippen MR) is 108 cm³/mol. The predicted octanol–water partition coefficient (Wildman–Crippen LogP) is 3.45. The number of nitrogens with one attached hydrogen (secondary N) is 3. The van der Waals surface area contributed by atoms with E-state index in [2.05, 4.69) is 51.3 Å². The summed E-state index contributed by atoms with van der Waals surface area (Å²) in [5.74, 6) is 0. The van der Waals surface area contributed by atoms with Crippen LogP contribution in [0.25, 0.3) is 10.9 Å². The van der Waals surface area contributed by atoms with Crippen molar-refractivity contribution in [3.63, 3.8) is 0 Å². The van der Waals surface area contributed by atoms with Crippen molar-refractivity contribution in [1.29, 1.82) is 5.26 Å². The van der Waals surface area contributed by atoms with E-state index in [0.29, 0.717) is 11.6 Å². The highest BCUT2D eigenvalue weighted by Crippen LogP contribution is 2.28. The van der Waals surface area contributed by atoms with E-state index >= 15 is 0 Å². The lowest BCUT2D eigenvalue weighted by Crippen LogP contribution is -2.22. The molecule has 0 amide bonds. The molecule has 1 aromatic heterocycles. The Morgan fingerprint density at radius 1 is 1.26 bits per heavy atom. The first-order valence-electron chi connectivity index (χ1n) is 9.22. The minimum atomic E-state index is 0.0429. The monoisotopic (exact) mass is 358 g/mol. The molecule has 2 atom stereocenters. The summed E-state index contributed by atoms with van der Waals surface area (Å²) >= 11 is 0. The van der Waals surface area contributed by atoms with E-state index in [4.69, 9.17) is 5.26 Å². The fourth-order valence-corrected chi connectivity index (χ4v) is 3.47. The van der Waals surface area contributed by atoms with Crippen LogP contribution in [0.2, 0.25) is 0 Å². The molecule has 3 N–H and O–H groups in total. The van der Waals surface area contributed by atoms with Crippen LogP contribution in [-0.2, 0) is 0 Å². The Morgan fingerprint density at radius 3 is 3.00 bits per heavy atom. The highest BCUT2D eigenvalue weighted by Gasteiger charge is 2.15. The van der Waals surface area contributed by atoms with Gasteiger partial charge in [-0.1, -0.05) is 12.1 Å². The molecule has 0 bridgehead atoms. The summed E-state index contributed by atoms with van der Waals surface area (Å²) in [4.78, 5) is 0. The molecule has 2 aromatic carbocycles. The van der Waals surface area contributed by atoms with E-state index in [1.165, 1.54) is 0 Å². The largest absolute Gasteiger partial charge is 0.381 e. The Hall–Kier alpha value is -3.17. The first kappa shape index (κ1) is 17.3. The maximum atomic E-state index is 9.12. The molecule has 27 heavy (non-hydrogen) atoms. The van der Waals surface area contributed by atoms with Crippen molar-refractivity contribution in [3.05, 3.63) is 59.8 Å². The number of nitriles is 1. The second-order valence-electron chi connectivity index (χ2n) is 6.93. The van der Waals surface area contributed by atoms with E-state index in [-0.39, 0.29) is 6.04 Å². The normalized spacial score (nSPS) is 17.4. The molecule has 4 rings (SSSR count). The number of aromatic nitrogens is 2. The van der Waals surface area contributed by atoms with Gasteiger partial charge in [0.15, 0.2) is 0 Å². The number of nitrogens with zero attached hydrogens (tertiary/aromatic N) is 3. The molecule has 2 heterocycles. The molecular weight excluding hydrogens is 336 g/mol. The molecule has 1 fully saturated rings. The summed E-state index contributed by atoms with van der Waals surface area (Å²) < 4.78 is 0. The van der Waals surface area contributed by atoms with Gasteiger partial charge in [-0.3, -0.25) is 0 Å². The minimum Gasteiger partial charge on any atom is -0.381 e. The highest BCUT2D eigenvalue weighted by molar-refractivity contribution is 5.92. The van der Waals surface area contributed by atoms with Crippen molar-refractivity contribution in [2.45, 2.75) is 25.4 Å². The van der Waals surface area contributed by atoms with Crippen LogP contribution in [-0.4, -0.2) is 29.3 Å². The minimum absolute atomic E-state index is 0.0429. The second-order valence-corrected chi connectivity index (χ2v) is 6.93. The Morgan fingerprint density at radius 2 is 2.19 bits per heavy atom. The second kappa shape index (κ2) is 7.60. The van der Waals surface area contributed by atoms with Crippen LogP contribution in [0.5, 0.6) is 0 Å². The van der Waals surface area contributed by atoms with Crippen LogP contribution in [0.3, 0.4) is 0 Å². The molecule has 1 aliphatic heterocycles. The zero-order valence-electron chi connectivity index (χ0n) is 15.2. The van der Waals surface area contributed by atoms with E-state index in [1.54, 1.807) is 6.20 Å². The Bertz CT molecular complexity index is 987. The fourth-order valence-electron chi connectivity index (χ4n) is 3.47. The lowest BCUT2D eigenvalue weighted by atomic mass is 10.0. The van der Waals surface area contributed by atoms with Crippen molar-refractivity contribution in [3.8, 4) is 6.07 Å². The van der Waals surface area contributed by atoms with Crippen LogP contribution in [0, 0.1) is 11.3 Å². The van der Waals surface area contributed by atoms with Gasteiger partial charge in [-0.15, -0.1) is 0 Å². The molecule has 136 valence electrons. The lowest BCUT2D eigenvalue weighted by molar-refractivity contribution is 0.793. The van der Waals surface area contributed by atoms with Gasteiger partial charge in [0, 0.05) is 29.7 Å². The van der Waals surface area contributed by atoms with Crippen molar-refractivity contribution in [2.24, 2.45) is 0 Å². The first-order chi connectivity index (χ1) is 13.2. The highest BCUT2D eigenvalue weighted by atomic mass is 15.1. The molecule has 6 nitrogen and oxygen atoms in total. The number of rotatable bonds is 5. The van der Waals surface area contributed by atoms with Gasteiger partial charge in [-0.2, -0.15) is 15.5 Å². The van der Waals surface area contributed by atoms with Crippen molar-refractivity contribution < 1.29 is 0 Å². The molecule has 0 saturated carbocycles. The van der Waals surface area contributed by atoms with E-state index in [0.717, 1.165) is 47.4 Å². The van der Waals surface area contributed by atoms with Crippen LogP contribution in [0.1, 0.15) is 30.5 Å². The summed E-state index contributed by atoms with van der Waals surface area (Å²) in [7, 11) is 0. The Kier molecular flexibility index (Phi) is 4.86. The SMILES string of the molecule is C[C@@H](Nc1cnnc2ccc(N[C@@H]3CCNC3)cc12)c1cccc(C#N)c1. The summed E-state index contributed by atoms with van der Waals surface area (Å²) in [5, 5.41) is 29.0.